The number of thioether (sulfide) groups is 1. The first-order chi connectivity index (χ1) is 17.5. The SMILES string of the molecule is CCCCNC(=O)[C@@H](Cc1ccccc1)N(Cc1ccccc1C)C(=O)CSCc1ccccc1C. The Bertz CT molecular complexity index is 1120. The number of hydrogen-bond acceptors (Lipinski definition) is 3. The summed E-state index contributed by atoms with van der Waals surface area (Å²) in [5, 5.41) is 3.09. The van der Waals surface area contributed by atoms with Crippen molar-refractivity contribution in [2.24, 2.45) is 0 Å². The highest BCUT2D eigenvalue weighted by Gasteiger charge is 2.30. The van der Waals surface area contributed by atoms with Crippen LogP contribution >= 0.6 is 11.8 Å². The molecule has 4 nitrogen and oxygen atoms in total. The molecule has 5 heteroatoms. The van der Waals surface area contributed by atoms with Crippen LogP contribution in [0.3, 0.4) is 0 Å². The fourth-order valence-electron chi connectivity index (χ4n) is 4.13. The minimum absolute atomic E-state index is 0.0107. The zero-order valence-electron chi connectivity index (χ0n) is 21.7. The van der Waals surface area contributed by atoms with E-state index in [1.807, 2.05) is 60.7 Å². The molecule has 0 spiro atoms. The third-order valence-corrected chi connectivity index (χ3v) is 7.41. The van der Waals surface area contributed by atoms with Crippen LogP contribution in [0.4, 0.5) is 0 Å². The average Bonchev–Trinajstić information content (AvgIpc) is 2.89. The van der Waals surface area contributed by atoms with Gasteiger partial charge in [-0.1, -0.05) is 92.2 Å². The smallest absolute Gasteiger partial charge is 0.243 e. The lowest BCUT2D eigenvalue weighted by atomic mass is 10.0. The summed E-state index contributed by atoms with van der Waals surface area (Å²) in [5.41, 5.74) is 5.69. The van der Waals surface area contributed by atoms with Crippen molar-refractivity contribution in [2.75, 3.05) is 12.3 Å². The average molecular weight is 503 g/mol. The lowest BCUT2D eigenvalue weighted by Crippen LogP contribution is -2.51. The molecule has 0 saturated carbocycles. The Morgan fingerprint density at radius 3 is 2.11 bits per heavy atom. The minimum atomic E-state index is -0.574. The Balaban J connectivity index is 1.85. The van der Waals surface area contributed by atoms with Crippen molar-refractivity contribution in [2.45, 2.75) is 58.4 Å². The van der Waals surface area contributed by atoms with E-state index in [0.717, 1.165) is 35.3 Å². The van der Waals surface area contributed by atoms with Crippen LogP contribution in [-0.2, 0) is 28.3 Å². The summed E-state index contributed by atoms with van der Waals surface area (Å²) in [7, 11) is 0. The molecule has 0 aliphatic rings. The van der Waals surface area contributed by atoms with Crippen molar-refractivity contribution in [3.8, 4) is 0 Å². The predicted octanol–water partition coefficient (Wildman–Crippen LogP) is 6.09. The summed E-state index contributed by atoms with van der Waals surface area (Å²) in [4.78, 5) is 29.0. The standard InChI is InChI=1S/C31H38N2O2S/c1-4-5-19-32-31(35)29(20-26-15-7-6-8-16-26)33(21-27-17-11-9-13-24(27)2)30(34)23-36-22-28-18-12-10-14-25(28)3/h6-18,29H,4-5,19-23H2,1-3H3,(H,32,35)/t29-/m1/s1. The minimum Gasteiger partial charge on any atom is -0.354 e. The van der Waals surface area contributed by atoms with Gasteiger partial charge in [0, 0.05) is 25.3 Å². The third kappa shape index (κ3) is 8.27. The van der Waals surface area contributed by atoms with Gasteiger partial charge < -0.3 is 10.2 Å². The van der Waals surface area contributed by atoms with Crippen LogP contribution in [0.25, 0.3) is 0 Å². The van der Waals surface area contributed by atoms with E-state index in [4.69, 9.17) is 0 Å². The quantitative estimate of drug-likeness (QED) is 0.288. The van der Waals surface area contributed by atoms with E-state index in [1.54, 1.807) is 16.7 Å². The maximum absolute atomic E-state index is 13.7. The van der Waals surface area contributed by atoms with Crippen LogP contribution in [0, 0.1) is 13.8 Å². The van der Waals surface area contributed by atoms with Crippen LogP contribution in [0.15, 0.2) is 78.9 Å². The van der Waals surface area contributed by atoms with E-state index in [0.29, 0.717) is 25.3 Å². The van der Waals surface area contributed by atoms with Crippen molar-refractivity contribution in [1.82, 2.24) is 10.2 Å². The number of nitrogens with one attached hydrogen (secondary N) is 1. The second-order valence-electron chi connectivity index (χ2n) is 9.22. The molecule has 3 rings (SSSR count). The summed E-state index contributed by atoms with van der Waals surface area (Å²) in [6.45, 7) is 7.29. The van der Waals surface area contributed by atoms with Gasteiger partial charge in [0.15, 0.2) is 0 Å². The van der Waals surface area contributed by atoms with Gasteiger partial charge in [-0.25, -0.2) is 0 Å². The van der Waals surface area contributed by atoms with Crippen LogP contribution in [0.5, 0.6) is 0 Å². The zero-order valence-corrected chi connectivity index (χ0v) is 22.5. The van der Waals surface area contributed by atoms with Crippen molar-refractivity contribution in [3.63, 3.8) is 0 Å². The normalized spacial score (nSPS) is 11.6. The number of carbonyl (C=O) groups is 2. The van der Waals surface area contributed by atoms with Gasteiger partial charge in [-0.2, -0.15) is 0 Å². The van der Waals surface area contributed by atoms with E-state index in [2.05, 4.69) is 44.3 Å². The molecule has 36 heavy (non-hydrogen) atoms. The molecular weight excluding hydrogens is 464 g/mol. The third-order valence-electron chi connectivity index (χ3n) is 6.45. The van der Waals surface area contributed by atoms with Gasteiger partial charge in [-0.3, -0.25) is 9.59 Å². The second-order valence-corrected chi connectivity index (χ2v) is 10.2. The molecule has 0 bridgehead atoms. The number of unbranched alkanes of at least 4 members (excludes halogenated alkanes) is 1. The van der Waals surface area contributed by atoms with Crippen LogP contribution < -0.4 is 5.32 Å². The van der Waals surface area contributed by atoms with E-state index in [-0.39, 0.29) is 11.8 Å². The number of nitrogens with zero attached hydrogens (tertiary/aromatic N) is 1. The maximum Gasteiger partial charge on any atom is 0.243 e. The summed E-state index contributed by atoms with van der Waals surface area (Å²) in [5.74, 6) is 0.998. The molecule has 0 aromatic heterocycles. The first kappa shape index (κ1) is 27.5. The molecular formula is C31H38N2O2S. The number of carbonyl (C=O) groups excluding carboxylic acids is 2. The van der Waals surface area contributed by atoms with Crippen molar-refractivity contribution in [1.29, 1.82) is 0 Å². The molecule has 0 aliphatic carbocycles. The molecule has 0 heterocycles. The van der Waals surface area contributed by atoms with E-state index in [1.165, 1.54) is 11.1 Å². The maximum atomic E-state index is 13.7. The Morgan fingerprint density at radius 1 is 0.861 bits per heavy atom. The monoisotopic (exact) mass is 502 g/mol. The highest BCUT2D eigenvalue weighted by molar-refractivity contribution is 7.99. The summed E-state index contributed by atoms with van der Waals surface area (Å²) in [6.07, 6.45) is 2.41. The largest absolute Gasteiger partial charge is 0.354 e. The second kappa shape index (κ2) is 14.5. The van der Waals surface area contributed by atoms with Gasteiger partial charge in [0.25, 0.3) is 0 Å². The highest BCUT2D eigenvalue weighted by atomic mass is 32.2. The van der Waals surface area contributed by atoms with Gasteiger partial charge in [0.05, 0.1) is 5.75 Å². The molecule has 190 valence electrons. The van der Waals surface area contributed by atoms with E-state index < -0.39 is 6.04 Å². The topological polar surface area (TPSA) is 49.4 Å². The Morgan fingerprint density at radius 2 is 1.47 bits per heavy atom. The molecule has 3 aromatic rings. The van der Waals surface area contributed by atoms with E-state index >= 15 is 0 Å². The van der Waals surface area contributed by atoms with Crippen LogP contribution in [0.2, 0.25) is 0 Å². The summed E-state index contributed by atoms with van der Waals surface area (Å²) < 4.78 is 0. The first-order valence-corrected chi connectivity index (χ1v) is 13.9. The lowest BCUT2D eigenvalue weighted by Gasteiger charge is -2.32. The highest BCUT2D eigenvalue weighted by Crippen LogP contribution is 2.21. The van der Waals surface area contributed by atoms with Crippen molar-refractivity contribution in [3.05, 3.63) is 107 Å². The molecule has 1 atom stereocenters. The molecule has 1 N–H and O–H groups in total. The molecule has 0 aliphatic heterocycles. The lowest BCUT2D eigenvalue weighted by molar-refractivity contribution is -0.139. The summed E-state index contributed by atoms with van der Waals surface area (Å²) >= 11 is 1.61. The van der Waals surface area contributed by atoms with Crippen molar-refractivity contribution >= 4 is 23.6 Å². The summed E-state index contributed by atoms with van der Waals surface area (Å²) in [6, 6.07) is 25.8. The Labute approximate surface area is 220 Å². The number of amides is 2. The first-order valence-electron chi connectivity index (χ1n) is 12.8. The zero-order chi connectivity index (χ0) is 25.8. The van der Waals surface area contributed by atoms with Gasteiger partial charge in [-0.15, -0.1) is 11.8 Å². The van der Waals surface area contributed by atoms with Gasteiger partial charge >= 0.3 is 0 Å². The molecule has 3 aromatic carbocycles. The Hall–Kier alpha value is -3.05. The predicted molar refractivity (Wildman–Crippen MR) is 151 cm³/mol. The van der Waals surface area contributed by atoms with Crippen molar-refractivity contribution < 1.29 is 9.59 Å². The molecule has 0 fully saturated rings. The van der Waals surface area contributed by atoms with Crippen LogP contribution in [-0.4, -0.2) is 35.1 Å². The molecule has 2 amide bonds. The molecule has 0 unspecified atom stereocenters. The van der Waals surface area contributed by atoms with Crippen LogP contribution in [0.1, 0.15) is 47.6 Å². The Kier molecular flexibility index (Phi) is 11.1. The molecule has 0 saturated heterocycles. The van der Waals surface area contributed by atoms with Gasteiger partial charge in [0.1, 0.15) is 6.04 Å². The number of rotatable bonds is 13. The number of aryl methyl sites for hydroxylation is 2. The fourth-order valence-corrected chi connectivity index (χ4v) is 5.12. The molecule has 0 radical (unpaired) electrons. The van der Waals surface area contributed by atoms with Gasteiger partial charge in [-0.05, 0) is 48.1 Å². The number of hydrogen-bond donors (Lipinski definition) is 1. The van der Waals surface area contributed by atoms with E-state index in [9.17, 15) is 9.59 Å². The number of benzene rings is 3. The fraction of sp³-hybridized carbons (Fsp3) is 0.355. The van der Waals surface area contributed by atoms with Gasteiger partial charge in [0.2, 0.25) is 11.8 Å².